The van der Waals surface area contributed by atoms with E-state index in [1.54, 1.807) is 17.0 Å². The maximum absolute atomic E-state index is 13.5. The summed E-state index contributed by atoms with van der Waals surface area (Å²) in [5.74, 6) is -3.58. The Balaban J connectivity index is 1.56. The van der Waals surface area contributed by atoms with Gasteiger partial charge in [0.25, 0.3) is 5.91 Å². The van der Waals surface area contributed by atoms with Gasteiger partial charge in [-0.2, -0.15) is 5.26 Å². The van der Waals surface area contributed by atoms with Gasteiger partial charge in [-0.15, -0.1) is 0 Å². The van der Waals surface area contributed by atoms with Crippen LogP contribution < -0.4 is 15.0 Å². The number of hydrogen-bond acceptors (Lipinski definition) is 8. The van der Waals surface area contributed by atoms with E-state index in [0.29, 0.717) is 18.7 Å². The molecule has 0 saturated carbocycles. The number of pyridine rings is 1. The predicted molar refractivity (Wildman–Crippen MR) is 132 cm³/mol. The number of carbonyl (C=O) groups excluding carboxylic acids is 3. The van der Waals surface area contributed by atoms with Gasteiger partial charge < -0.3 is 25.0 Å². The zero-order valence-electron chi connectivity index (χ0n) is 20.5. The number of rotatable bonds is 6. The second-order valence-corrected chi connectivity index (χ2v) is 9.42. The molecule has 3 aliphatic heterocycles. The van der Waals surface area contributed by atoms with Crippen LogP contribution in [0.25, 0.3) is 0 Å². The summed E-state index contributed by atoms with van der Waals surface area (Å²) in [5, 5.41) is 22.5. The van der Waals surface area contributed by atoms with E-state index in [2.05, 4.69) is 10.3 Å². The van der Waals surface area contributed by atoms with Gasteiger partial charge in [0, 0.05) is 37.8 Å². The van der Waals surface area contributed by atoms with E-state index in [1.807, 2.05) is 6.07 Å². The first-order valence-electron chi connectivity index (χ1n) is 12.5. The van der Waals surface area contributed by atoms with Crippen LogP contribution in [0.1, 0.15) is 47.3 Å². The van der Waals surface area contributed by atoms with Gasteiger partial charge in [-0.3, -0.25) is 19.4 Å². The Kier molecular flexibility index (Phi) is 7.07. The lowest BCUT2D eigenvalue weighted by Gasteiger charge is -2.40. The van der Waals surface area contributed by atoms with E-state index in [4.69, 9.17) is 10.00 Å². The first kappa shape index (κ1) is 25.4. The number of likely N-dealkylation sites (tertiary alicyclic amines) is 1. The number of benzene rings is 1. The number of piperidine rings is 1. The number of ether oxygens (including phenoxy) is 1. The van der Waals surface area contributed by atoms with E-state index < -0.39 is 23.8 Å². The molecule has 3 aliphatic rings. The molecule has 2 aromatic rings. The topological polar surface area (TPSA) is 136 Å². The first-order valence-corrected chi connectivity index (χ1v) is 12.5. The molecule has 1 saturated heterocycles. The number of Topliss-reactive ketones (excluding diaryl/α,β-unsaturated/α-hetero) is 1. The van der Waals surface area contributed by atoms with E-state index in [0.717, 1.165) is 24.8 Å². The molecule has 38 heavy (non-hydrogen) atoms. The zero-order valence-corrected chi connectivity index (χ0v) is 20.5. The standard InChI is InChI=1S/C27H26FN5O5/c28-18-7-5-16(6-8-18)13-17-14-31-21-22-24(17)38-19(26(36)32-11-2-1-3-12-32)15-33(22)27(37)20(23(21)34)25(35)30-10-4-9-29/h5-8,14-15,20,27,37H,1-4,10-13H2,(H,30,35). The average molecular weight is 520 g/mol. The molecule has 0 aliphatic carbocycles. The van der Waals surface area contributed by atoms with Gasteiger partial charge in [0.05, 0.1) is 18.7 Å². The Morgan fingerprint density at radius 2 is 1.95 bits per heavy atom. The highest BCUT2D eigenvalue weighted by atomic mass is 19.1. The van der Waals surface area contributed by atoms with Crippen molar-refractivity contribution in [2.24, 2.45) is 5.92 Å². The molecule has 1 fully saturated rings. The summed E-state index contributed by atoms with van der Waals surface area (Å²) in [6.45, 7) is 1.16. The lowest BCUT2D eigenvalue weighted by Crippen LogP contribution is -2.54. The van der Waals surface area contributed by atoms with Crippen molar-refractivity contribution in [2.75, 3.05) is 24.5 Å². The quantitative estimate of drug-likeness (QED) is 0.437. The molecule has 196 valence electrons. The van der Waals surface area contributed by atoms with Crippen molar-refractivity contribution in [1.82, 2.24) is 15.2 Å². The summed E-state index contributed by atoms with van der Waals surface area (Å²) < 4.78 is 19.6. The zero-order chi connectivity index (χ0) is 26.8. The number of aliphatic hydroxyl groups excluding tert-OH is 1. The number of nitrogens with zero attached hydrogens (tertiary/aromatic N) is 4. The maximum atomic E-state index is 13.5. The Morgan fingerprint density at radius 1 is 1.21 bits per heavy atom. The Hall–Kier alpha value is -4.30. The largest absolute Gasteiger partial charge is 0.447 e. The molecule has 2 amide bonds. The Labute approximate surface area is 218 Å². The molecule has 1 aromatic carbocycles. The van der Waals surface area contributed by atoms with Crippen LogP contribution in [0.2, 0.25) is 0 Å². The van der Waals surface area contributed by atoms with Gasteiger partial charge in [-0.25, -0.2) is 4.39 Å². The number of aromatic nitrogens is 1. The van der Waals surface area contributed by atoms with Crippen LogP contribution in [0.4, 0.5) is 10.1 Å². The van der Waals surface area contributed by atoms with Crippen molar-refractivity contribution in [3.8, 4) is 11.8 Å². The fourth-order valence-corrected chi connectivity index (χ4v) is 4.94. The molecule has 0 spiro atoms. The number of anilines is 1. The van der Waals surface area contributed by atoms with E-state index >= 15 is 0 Å². The first-order chi connectivity index (χ1) is 18.4. The summed E-state index contributed by atoms with van der Waals surface area (Å²) >= 11 is 0. The highest BCUT2D eigenvalue weighted by Gasteiger charge is 2.48. The molecule has 0 bridgehead atoms. The Bertz CT molecular complexity index is 1350. The maximum Gasteiger partial charge on any atom is 0.291 e. The van der Waals surface area contributed by atoms with Crippen LogP contribution in [-0.4, -0.2) is 58.5 Å². The number of carbonyl (C=O) groups is 3. The fourth-order valence-electron chi connectivity index (χ4n) is 4.94. The monoisotopic (exact) mass is 519 g/mol. The number of nitrogens with one attached hydrogen (secondary N) is 1. The summed E-state index contributed by atoms with van der Waals surface area (Å²) in [4.78, 5) is 46.9. The lowest BCUT2D eigenvalue weighted by molar-refractivity contribution is -0.130. The van der Waals surface area contributed by atoms with Crippen molar-refractivity contribution < 1.29 is 28.6 Å². The molecule has 1 aromatic heterocycles. The second kappa shape index (κ2) is 10.6. The molecule has 2 N–H and O–H groups in total. The number of nitriles is 1. The smallest absolute Gasteiger partial charge is 0.291 e. The Morgan fingerprint density at radius 3 is 2.66 bits per heavy atom. The SMILES string of the molecule is N#CCCNC(=O)C1C(=O)c2ncc(Cc3ccc(F)cc3)c3c2N(C=C(C(=O)N2CCCCC2)O3)C1O. The van der Waals surface area contributed by atoms with Crippen molar-refractivity contribution in [1.29, 1.82) is 5.26 Å². The van der Waals surface area contributed by atoms with E-state index in [9.17, 15) is 23.9 Å². The highest BCUT2D eigenvalue weighted by molar-refractivity contribution is 6.15. The minimum absolute atomic E-state index is 0.0195. The van der Waals surface area contributed by atoms with Crippen LogP contribution >= 0.6 is 0 Å². The minimum atomic E-state index is -1.63. The molecular weight excluding hydrogens is 493 g/mol. The number of aliphatic hydroxyl groups is 1. The summed E-state index contributed by atoms with van der Waals surface area (Å²) in [6.07, 6.45) is 4.18. The van der Waals surface area contributed by atoms with Crippen molar-refractivity contribution in [2.45, 2.75) is 38.3 Å². The molecular formula is C27H26FN5O5. The van der Waals surface area contributed by atoms with Crippen molar-refractivity contribution in [3.05, 3.63) is 65.1 Å². The number of ketones is 1. The van der Waals surface area contributed by atoms with Gasteiger partial charge in [-0.1, -0.05) is 12.1 Å². The van der Waals surface area contributed by atoms with E-state index in [-0.39, 0.29) is 54.0 Å². The third kappa shape index (κ3) is 4.70. The third-order valence-electron chi connectivity index (χ3n) is 6.89. The van der Waals surface area contributed by atoms with E-state index in [1.165, 1.54) is 29.4 Å². The van der Waals surface area contributed by atoms with Crippen LogP contribution in [0.15, 0.2) is 42.4 Å². The summed E-state index contributed by atoms with van der Waals surface area (Å²) in [5.41, 5.74) is 1.36. The molecule has 10 nitrogen and oxygen atoms in total. The number of amides is 2. The number of halogens is 1. The van der Waals surface area contributed by atoms with Crippen LogP contribution in [0.3, 0.4) is 0 Å². The summed E-state index contributed by atoms with van der Waals surface area (Å²) in [6, 6.07) is 7.78. The predicted octanol–water partition coefficient (Wildman–Crippen LogP) is 2.02. The van der Waals surface area contributed by atoms with Gasteiger partial charge in [0.15, 0.2) is 11.5 Å². The third-order valence-corrected chi connectivity index (χ3v) is 6.89. The molecule has 5 rings (SSSR count). The molecule has 2 atom stereocenters. The molecule has 0 radical (unpaired) electrons. The lowest BCUT2D eigenvalue weighted by atomic mass is 9.89. The number of hydrogen-bond donors (Lipinski definition) is 2. The van der Waals surface area contributed by atoms with Crippen molar-refractivity contribution in [3.63, 3.8) is 0 Å². The second-order valence-electron chi connectivity index (χ2n) is 9.42. The van der Waals surface area contributed by atoms with Gasteiger partial charge in [0.2, 0.25) is 11.7 Å². The summed E-state index contributed by atoms with van der Waals surface area (Å²) in [7, 11) is 0. The van der Waals surface area contributed by atoms with Gasteiger partial charge in [-0.05, 0) is 37.0 Å². The minimum Gasteiger partial charge on any atom is -0.447 e. The average Bonchev–Trinajstić information content (AvgIpc) is 2.93. The van der Waals surface area contributed by atoms with Crippen LogP contribution in [-0.2, 0) is 16.0 Å². The molecule has 4 heterocycles. The van der Waals surface area contributed by atoms with Gasteiger partial charge in [0.1, 0.15) is 29.3 Å². The highest BCUT2D eigenvalue weighted by Crippen LogP contribution is 2.45. The van der Waals surface area contributed by atoms with Crippen LogP contribution in [0.5, 0.6) is 5.75 Å². The van der Waals surface area contributed by atoms with Gasteiger partial charge >= 0.3 is 0 Å². The normalized spacial score (nSPS) is 20.1. The molecule has 2 unspecified atom stereocenters. The molecule has 11 heteroatoms. The van der Waals surface area contributed by atoms with Crippen molar-refractivity contribution >= 4 is 23.3 Å². The fraction of sp³-hybridized carbons (Fsp3) is 0.370. The van der Waals surface area contributed by atoms with Crippen LogP contribution in [0, 0.1) is 23.1 Å².